The SMILES string of the molecule is Cc1cc(CNc2ccc(OCC(F)(F)F)c(C(F)(F)F)c2)cc2cc(-c3nn[nH]n3)oc12. The van der Waals surface area contributed by atoms with Crippen molar-refractivity contribution in [2.45, 2.75) is 25.8 Å². The largest absolute Gasteiger partial charge is 0.483 e. The molecule has 0 aliphatic carbocycles. The van der Waals surface area contributed by atoms with E-state index in [4.69, 9.17) is 4.42 Å². The average molecular weight is 471 g/mol. The lowest BCUT2D eigenvalue weighted by molar-refractivity contribution is -0.158. The number of aromatic nitrogens is 4. The number of aryl methyl sites for hydroxylation is 1. The van der Waals surface area contributed by atoms with Crippen LogP contribution in [0.15, 0.2) is 40.8 Å². The summed E-state index contributed by atoms with van der Waals surface area (Å²) in [6.45, 7) is 0.141. The van der Waals surface area contributed by atoms with Crippen LogP contribution in [0.1, 0.15) is 16.7 Å². The maximum atomic E-state index is 13.3. The van der Waals surface area contributed by atoms with Crippen LogP contribution in [0.4, 0.5) is 32.0 Å². The summed E-state index contributed by atoms with van der Waals surface area (Å²) in [4.78, 5) is 0. The molecule has 2 N–H and O–H groups in total. The van der Waals surface area contributed by atoms with E-state index in [0.29, 0.717) is 17.4 Å². The van der Waals surface area contributed by atoms with Crippen LogP contribution >= 0.6 is 0 Å². The molecule has 7 nitrogen and oxygen atoms in total. The number of hydrogen-bond donors (Lipinski definition) is 2. The summed E-state index contributed by atoms with van der Waals surface area (Å²) < 4.78 is 87.2. The van der Waals surface area contributed by atoms with Gasteiger partial charge in [0.15, 0.2) is 12.4 Å². The lowest BCUT2D eigenvalue weighted by atomic mass is 10.1. The van der Waals surface area contributed by atoms with Crippen LogP contribution in [0.3, 0.4) is 0 Å². The molecule has 174 valence electrons. The quantitative estimate of drug-likeness (QED) is 0.362. The standard InChI is InChI=1S/C20H15F6N5O2/c1-10-4-11(5-12-6-16(33-17(10)12)18-28-30-31-29-18)8-27-13-2-3-15(32-9-19(21,22)23)14(7-13)20(24,25)26/h2-7,27H,8-9H2,1H3,(H,28,29,30,31). The van der Waals surface area contributed by atoms with Gasteiger partial charge in [-0.25, -0.2) is 0 Å². The van der Waals surface area contributed by atoms with Crippen LogP contribution in [-0.2, 0) is 12.7 Å². The second-order valence-corrected chi connectivity index (χ2v) is 7.14. The van der Waals surface area contributed by atoms with E-state index in [1.54, 1.807) is 18.2 Å². The highest BCUT2D eigenvalue weighted by atomic mass is 19.4. The minimum absolute atomic E-state index is 0.0686. The highest BCUT2D eigenvalue weighted by Gasteiger charge is 2.36. The van der Waals surface area contributed by atoms with Crippen molar-refractivity contribution in [1.29, 1.82) is 0 Å². The zero-order valence-electron chi connectivity index (χ0n) is 16.8. The molecule has 2 aromatic carbocycles. The number of nitrogens with one attached hydrogen (secondary N) is 2. The monoisotopic (exact) mass is 471 g/mol. The number of H-pyrrole nitrogens is 1. The van der Waals surface area contributed by atoms with Crippen LogP contribution in [0.2, 0.25) is 0 Å². The molecule has 0 amide bonds. The Bertz CT molecular complexity index is 1260. The van der Waals surface area contributed by atoms with Crippen molar-refractivity contribution in [3.05, 3.63) is 53.1 Å². The number of tetrazole rings is 1. The maximum Gasteiger partial charge on any atom is 0.422 e. The lowest BCUT2D eigenvalue weighted by Crippen LogP contribution is -2.21. The normalized spacial score (nSPS) is 12.3. The number of nitrogens with zero attached hydrogens (tertiary/aromatic N) is 3. The van der Waals surface area contributed by atoms with Gasteiger partial charge in [0.05, 0.1) is 5.56 Å². The van der Waals surface area contributed by atoms with Crippen molar-refractivity contribution in [2.75, 3.05) is 11.9 Å². The molecule has 0 spiro atoms. The molecule has 4 aromatic rings. The van der Waals surface area contributed by atoms with E-state index in [1.807, 2.05) is 6.92 Å². The van der Waals surface area contributed by atoms with Gasteiger partial charge in [-0.3, -0.25) is 0 Å². The van der Waals surface area contributed by atoms with E-state index in [-0.39, 0.29) is 18.1 Å². The van der Waals surface area contributed by atoms with Gasteiger partial charge in [-0.1, -0.05) is 6.07 Å². The molecule has 4 rings (SSSR count). The van der Waals surface area contributed by atoms with Crippen LogP contribution in [0, 0.1) is 6.92 Å². The van der Waals surface area contributed by atoms with Crippen molar-refractivity contribution in [3.8, 4) is 17.3 Å². The number of fused-ring (bicyclic) bond motifs is 1. The van der Waals surface area contributed by atoms with Crippen molar-refractivity contribution >= 4 is 16.7 Å². The van der Waals surface area contributed by atoms with Gasteiger partial charge >= 0.3 is 12.4 Å². The predicted molar refractivity (Wildman–Crippen MR) is 104 cm³/mol. The fraction of sp³-hybridized carbons (Fsp3) is 0.250. The fourth-order valence-corrected chi connectivity index (χ4v) is 3.24. The van der Waals surface area contributed by atoms with Gasteiger partial charge in [-0.2, -0.15) is 31.6 Å². The van der Waals surface area contributed by atoms with E-state index in [1.165, 1.54) is 6.07 Å². The molecular formula is C20H15F6N5O2. The number of aromatic amines is 1. The van der Waals surface area contributed by atoms with Crippen LogP contribution in [0.5, 0.6) is 5.75 Å². The molecule has 0 fully saturated rings. The summed E-state index contributed by atoms with van der Waals surface area (Å²) in [5, 5.41) is 17.1. The third-order valence-corrected chi connectivity index (χ3v) is 4.60. The summed E-state index contributed by atoms with van der Waals surface area (Å²) in [7, 11) is 0. The molecule has 0 saturated carbocycles. The van der Waals surface area contributed by atoms with Gasteiger partial charge in [0.1, 0.15) is 11.3 Å². The zero-order chi connectivity index (χ0) is 23.8. The number of ether oxygens (including phenoxy) is 1. The van der Waals surface area contributed by atoms with E-state index < -0.39 is 30.3 Å². The Labute approximate surface area is 181 Å². The number of hydrogen-bond acceptors (Lipinski definition) is 6. The Morgan fingerprint density at radius 2 is 1.85 bits per heavy atom. The highest BCUT2D eigenvalue weighted by Crippen LogP contribution is 2.38. The Kier molecular flexibility index (Phi) is 5.64. The first-order valence-electron chi connectivity index (χ1n) is 9.41. The van der Waals surface area contributed by atoms with E-state index in [0.717, 1.165) is 22.6 Å². The first kappa shape index (κ1) is 22.4. The van der Waals surface area contributed by atoms with Crippen LogP contribution < -0.4 is 10.1 Å². The van der Waals surface area contributed by atoms with E-state index >= 15 is 0 Å². The second kappa shape index (κ2) is 8.30. The first-order valence-corrected chi connectivity index (χ1v) is 9.41. The number of anilines is 1. The topological polar surface area (TPSA) is 88.9 Å². The highest BCUT2D eigenvalue weighted by molar-refractivity contribution is 5.85. The third-order valence-electron chi connectivity index (χ3n) is 4.60. The van der Waals surface area contributed by atoms with Crippen molar-refractivity contribution in [3.63, 3.8) is 0 Å². The van der Waals surface area contributed by atoms with Crippen molar-refractivity contribution < 1.29 is 35.5 Å². The fourth-order valence-electron chi connectivity index (χ4n) is 3.24. The minimum Gasteiger partial charge on any atom is -0.483 e. The molecule has 33 heavy (non-hydrogen) atoms. The van der Waals surface area contributed by atoms with Gasteiger partial charge < -0.3 is 14.5 Å². The maximum absolute atomic E-state index is 13.3. The summed E-state index contributed by atoms with van der Waals surface area (Å²) in [6.07, 6.45) is -9.65. The molecular weight excluding hydrogens is 456 g/mol. The number of alkyl halides is 6. The van der Waals surface area contributed by atoms with E-state index in [2.05, 4.69) is 30.7 Å². The van der Waals surface area contributed by atoms with Gasteiger partial charge in [0.2, 0.25) is 5.82 Å². The second-order valence-electron chi connectivity index (χ2n) is 7.14. The van der Waals surface area contributed by atoms with Crippen LogP contribution in [-0.4, -0.2) is 33.4 Å². The average Bonchev–Trinajstić information content (AvgIpc) is 3.39. The molecule has 0 radical (unpaired) electrons. The number of furan rings is 1. The van der Waals surface area contributed by atoms with Crippen molar-refractivity contribution in [1.82, 2.24) is 20.6 Å². The van der Waals surface area contributed by atoms with Crippen LogP contribution in [0.25, 0.3) is 22.6 Å². The Balaban J connectivity index is 1.54. The molecule has 0 aliphatic rings. The molecule has 0 saturated heterocycles. The van der Waals surface area contributed by atoms with Gasteiger partial charge in [0.25, 0.3) is 0 Å². The summed E-state index contributed by atoms with van der Waals surface area (Å²) in [6, 6.07) is 8.09. The predicted octanol–water partition coefficient (Wildman–Crippen LogP) is 5.49. The molecule has 0 atom stereocenters. The summed E-state index contributed by atoms with van der Waals surface area (Å²) in [5.74, 6) is -0.218. The van der Waals surface area contributed by atoms with Gasteiger partial charge in [-0.05, 0) is 53.6 Å². The van der Waals surface area contributed by atoms with E-state index in [9.17, 15) is 26.3 Å². The first-order chi connectivity index (χ1) is 15.5. The minimum atomic E-state index is -4.89. The van der Waals surface area contributed by atoms with Gasteiger partial charge in [0, 0.05) is 17.6 Å². The Morgan fingerprint density at radius 1 is 1.06 bits per heavy atom. The third kappa shape index (κ3) is 5.18. The van der Waals surface area contributed by atoms with Crippen molar-refractivity contribution in [2.24, 2.45) is 0 Å². The molecule has 0 unspecified atom stereocenters. The molecule has 0 bridgehead atoms. The smallest absolute Gasteiger partial charge is 0.422 e. The molecule has 2 aromatic heterocycles. The molecule has 13 heteroatoms. The number of halogens is 6. The number of benzene rings is 2. The Hall–Kier alpha value is -3.77. The van der Waals surface area contributed by atoms with Gasteiger partial charge in [-0.15, -0.1) is 10.2 Å². The summed E-state index contributed by atoms with van der Waals surface area (Å²) in [5.41, 5.74) is 0.892. The lowest BCUT2D eigenvalue weighted by Gasteiger charge is -2.17. The molecule has 0 aliphatic heterocycles. The Morgan fingerprint density at radius 3 is 2.52 bits per heavy atom. The zero-order valence-corrected chi connectivity index (χ0v) is 16.8. The number of rotatable bonds is 6. The summed E-state index contributed by atoms with van der Waals surface area (Å²) >= 11 is 0. The molecule has 2 heterocycles.